The number of likely N-dealkylation sites (N-methyl/N-ethyl adjacent to an activating group) is 1. The van der Waals surface area contributed by atoms with Crippen molar-refractivity contribution in [1.29, 1.82) is 0 Å². The Balaban J connectivity index is 2.17. The van der Waals surface area contributed by atoms with Crippen LogP contribution in [0.15, 0.2) is 22.7 Å². The summed E-state index contributed by atoms with van der Waals surface area (Å²) in [6, 6.07) is 6.32. The van der Waals surface area contributed by atoms with E-state index in [2.05, 4.69) is 39.8 Å². The molecule has 3 nitrogen and oxygen atoms in total. The van der Waals surface area contributed by atoms with E-state index in [1.165, 1.54) is 12.8 Å². The summed E-state index contributed by atoms with van der Waals surface area (Å²) in [5.41, 5.74) is 1.95. The van der Waals surface area contributed by atoms with Gasteiger partial charge in [-0.15, -0.1) is 0 Å². The van der Waals surface area contributed by atoms with Gasteiger partial charge in [-0.1, -0.05) is 34.8 Å². The number of rotatable bonds is 5. The van der Waals surface area contributed by atoms with Crippen LogP contribution in [0.5, 0.6) is 0 Å². The van der Waals surface area contributed by atoms with Gasteiger partial charge in [0.25, 0.3) is 5.91 Å². The van der Waals surface area contributed by atoms with Crippen LogP contribution in [-0.4, -0.2) is 48.9 Å². The van der Waals surface area contributed by atoms with Crippen molar-refractivity contribution in [1.82, 2.24) is 9.80 Å². The molecule has 4 heteroatoms. The Kier molecular flexibility index (Phi) is 5.82. The second kappa shape index (κ2) is 7.41. The summed E-state index contributed by atoms with van der Waals surface area (Å²) < 4.78 is 1.01. The molecule has 1 aromatic rings. The van der Waals surface area contributed by atoms with Crippen LogP contribution < -0.4 is 0 Å². The third-order valence-corrected chi connectivity index (χ3v) is 5.09. The lowest BCUT2D eigenvalue weighted by atomic mass is 10.1. The maximum atomic E-state index is 12.9. The van der Waals surface area contributed by atoms with E-state index in [0.29, 0.717) is 6.04 Å². The fraction of sp³-hybridized carbons (Fsp3) is 0.588. The molecule has 0 aromatic heterocycles. The minimum atomic E-state index is 0.171. The first kappa shape index (κ1) is 16.5. The Labute approximate surface area is 136 Å². The molecule has 1 saturated carbocycles. The third-order valence-electron chi connectivity index (χ3n) is 4.23. The molecule has 0 radical (unpaired) electrons. The molecular formula is C17H25BrN2O. The van der Waals surface area contributed by atoms with Gasteiger partial charge in [-0.3, -0.25) is 4.79 Å². The van der Waals surface area contributed by atoms with Gasteiger partial charge < -0.3 is 9.80 Å². The third kappa shape index (κ3) is 4.30. The van der Waals surface area contributed by atoms with Crippen molar-refractivity contribution in [2.75, 3.05) is 27.2 Å². The van der Waals surface area contributed by atoms with Crippen LogP contribution in [0.3, 0.4) is 0 Å². The normalized spacial score (nSPS) is 15.7. The highest BCUT2D eigenvalue weighted by Gasteiger charge is 2.27. The summed E-state index contributed by atoms with van der Waals surface area (Å²) in [6.07, 6.45) is 4.78. The molecule has 0 unspecified atom stereocenters. The zero-order valence-electron chi connectivity index (χ0n) is 13.2. The van der Waals surface area contributed by atoms with Gasteiger partial charge in [0.1, 0.15) is 0 Å². The first-order valence-electron chi connectivity index (χ1n) is 7.71. The summed E-state index contributed by atoms with van der Waals surface area (Å²) in [5.74, 6) is 0.171. The largest absolute Gasteiger partial charge is 0.334 e. The van der Waals surface area contributed by atoms with Crippen molar-refractivity contribution in [2.24, 2.45) is 0 Å². The van der Waals surface area contributed by atoms with E-state index in [0.717, 1.165) is 41.5 Å². The fourth-order valence-electron chi connectivity index (χ4n) is 2.87. The Morgan fingerprint density at radius 3 is 2.48 bits per heavy atom. The molecule has 1 aliphatic rings. The number of aryl methyl sites for hydroxylation is 1. The summed E-state index contributed by atoms with van der Waals surface area (Å²) >= 11 is 3.53. The van der Waals surface area contributed by atoms with Crippen LogP contribution in [0.25, 0.3) is 0 Å². The van der Waals surface area contributed by atoms with E-state index in [1.807, 2.05) is 25.1 Å². The first-order chi connectivity index (χ1) is 9.99. The highest BCUT2D eigenvalue weighted by atomic mass is 79.9. The van der Waals surface area contributed by atoms with E-state index in [9.17, 15) is 4.79 Å². The molecular weight excluding hydrogens is 328 g/mol. The Morgan fingerprint density at radius 2 is 1.90 bits per heavy atom. The van der Waals surface area contributed by atoms with Crippen LogP contribution in [0.2, 0.25) is 0 Å². The minimum Gasteiger partial charge on any atom is -0.334 e. The van der Waals surface area contributed by atoms with E-state index < -0.39 is 0 Å². The molecule has 0 heterocycles. The van der Waals surface area contributed by atoms with Gasteiger partial charge in [0.2, 0.25) is 0 Å². The zero-order valence-corrected chi connectivity index (χ0v) is 14.8. The SMILES string of the molecule is Cc1ccc(C(=O)N(CCN(C)C)C2CCCC2)cc1Br. The van der Waals surface area contributed by atoms with Gasteiger partial charge in [-0.05, 0) is 51.6 Å². The number of carbonyl (C=O) groups excluding carboxylic acids is 1. The molecule has 0 aliphatic heterocycles. The molecule has 0 bridgehead atoms. The topological polar surface area (TPSA) is 23.6 Å². The van der Waals surface area contributed by atoms with Crippen molar-refractivity contribution in [3.8, 4) is 0 Å². The van der Waals surface area contributed by atoms with Gasteiger partial charge in [-0.2, -0.15) is 0 Å². The Bertz CT molecular complexity index is 496. The summed E-state index contributed by atoms with van der Waals surface area (Å²) in [7, 11) is 4.11. The lowest BCUT2D eigenvalue weighted by Crippen LogP contribution is -2.42. The highest BCUT2D eigenvalue weighted by molar-refractivity contribution is 9.10. The molecule has 2 rings (SSSR count). The van der Waals surface area contributed by atoms with Crippen molar-refractivity contribution >= 4 is 21.8 Å². The van der Waals surface area contributed by atoms with Gasteiger partial charge in [0.15, 0.2) is 0 Å². The Hall–Kier alpha value is -0.870. The van der Waals surface area contributed by atoms with Crippen molar-refractivity contribution in [3.05, 3.63) is 33.8 Å². The molecule has 0 atom stereocenters. The quantitative estimate of drug-likeness (QED) is 0.806. The number of benzene rings is 1. The second-order valence-electron chi connectivity index (χ2n) is 6.20. The molecule has 0 spiro atoms. The van der Waals surface area contributed by atoms with Crippen molar-refractivity contribution in [2.45, 2.75) is 38.6 Å². The van der Waals surface area contributed by atoms with Crippen LogP contribution in [0.1, 0.15) is 41.6 Å². The molecule has 0 saturated heterocycles. The number of hydrogen-bond acceptors (Lipinski definition) is 2. The predicted molar refractivity (Wildman–Crippen MR) is 90.7 cm³/mol. The van der Waals surface area contributed by atoms with E-state index in [1.54, 1.807) is 0 Å². The molecule has 1 fully saturated rings. The Morgan fingerprint density at radius 1 is 1.24 bits per heavy atom. The van der Waals surface area contributed by atoms with Crippen molar-refractivity contribution < 1.29 is 4.79 Å². The molecule has 21 heavy (non-hydrogen) atoms. The smallest absolute Gasteiger partial charge is 0.254 e. The maximum Gasteiger partial charge on any atom is 0.254 e. The fourth-order valence-corrected chi connectivity index (χ4v) is 3.24. The van der Waals surface area contributed by atoms with Gasteiger partial charge in [0.05, 0.1) is 0 Å². The summed E-state index contributed by atoms with van der Waals surface area (Å²) in [4.78, 5) is 17.1. The average Bonchev–Trinajstić information content (AvgIpc) is 2.95. The van der Waals surface area contributed by atoms with E-state index >= 15 is 0 Å². The summed E-state index contributed by atoms with van der Waals surface area (Å²) in [6.45, 7) is 3.76. The number of halogens is 1. The van der Waals surface area contributed by atoms with E-state index in [-0.39, 0.29) is 5.91 Å². The standard InChI is InChI=1S/C17H25BrN2O/c1-13-8-9-14(12-16(13)18)17(21)20(11-10-19(2)3)15-6-4-5-7-15/h8-9,12,15H,4-7,10-11H2,1-3H3. The molecule has 1 amide bonds. The number of nitrogens with zero attached hydrogens (tertiary/aromatic N) is 2. The number of carbonyl (C=O) groups is 1. The first-order valence-corrected chi connectivity index (χ1v) is 8.50. The monoisotopic (exact) mass is 352 g/mol. The highest BCUT2D eigenvalue weighted by Crippen LogP contribution is 2.26. The molecule has 1 aromatic carbocycles. The van der Waals surface area contributed by atoms with Crippen LogP contribution in [0.4, 0.5) is 0 Å². The zero-order chi connectivity index (χ0) is 15.4. The van der Waals surface area contributed by atoms with Gasteiger partial charge >= 0.3 is 0 Å². The molecule has 1 aliphatic carbocycles. The lowest BCUT2D eigenvalue weighted by Gasteiger charge is -2.30. The van der Waals surface area contributed by atoms with E-state index in [4.69, 9.17) is 0 Å². The second-order valence-corrected chi connectivity index (χ2v) is 7.06. The lowest BCUT2D eigenvalue weighted by molar-refractivity contribution is 0.0667. The van der Waals surface area contributed by atoms with Crippen LogP contribution in [0, 0.1) is 6.92 Å². The van der Waals surface area contributed by atoms with Gasteiger partial charge in [0, 0.05) is 29.2 Å². The summed E-state index contributed by atoms with van der Waals surface area (Å²) in [5, 5.41) is 0. The van der Waals surface area contributed by atoms with Crippen LogP contribution >= 0.6 is 15.9 Å². The number of hydrogen-bond donors (Lipinski definition) is 0. The minimum absolute atomic E-state index is 0.171. The van der Waals surface area contributed by atoms with Crippen LogP contribution in [-0.2, 0) is 0 Å². The maximum absolute atomic E-state index is 12.9. The number of amides is 1. The van der Waals surface area contributed by atoms with Crippen molar-refractivity contribution in [3.63, 3.8) is 0 Å². The predicted octanol–water partition coefficient (Wildman–Crippen LogP) is 3.70. The average molecular weight is 353 g/mol. The molecule has 116 valence electrons. The van der Waals surface area contributed by atoms with Gasteiger partial charge in [-0.25, -0.2) is 0 Å². The molecule has 0 N–H and O–H groups in total.